The minimum Gasteiger partial charge on any atom is -0.381 e. The van der Waals surface area contributed by atoms with Gasteiger partial charge in [-0.25, -0.2) is 8.42 Å². The molecule has 0 bridgehead atoms. The lowest BCUT2D eigenvalue weighted by atomic mass is 10.2. The van der Waals surface area contributed by atoms with Crippen molar-refractivity contribution in [2.24, 2.45) is 5.92 Å². The molecule has 144 valence electrons. The fourth-order valence-corrected chi connectivity index (χ4v) is 4.84. The highest BCUT2D eigenvalue weighted by Crippen LogP contribution is 2.28. The summed E-state index contributed by atoms with van der Waals surface area (Å²) >= 11 is 0. The van der Waals surface area contributed by atoms with E-state index in [0.29, 0.717) is 26.2 Å². The maximum atomic E-state index is 12.9. The molecule has 1 saturated carbocycles. The van der Waals surface area contributed by atoms with Crippen LogP contribution in [-0.2, 0) is 14.8 Å². The Balaban J connectivity index is 1.57. The number of nitrogens with one attached hydrogen (secondary N) is 1. The molecule has 3 rings (SSSR count). The van der Waals surface area contributed by atoms with Gasteiger partial charge in [-0.05, 0) is 50.2 Å². The van der Waals surface area contributed by atoms with Gasteiger partial charge in [0, 0.05) is 32.8 Å². The van der Waals surface area contributed by atoms with Crippen molar-refractivity contribution in [3.05, 3.63) is 29.8 Å². The van der Waals surface area contributed by atoms with Crippen molar-refractivity contribution in [3.63, 3.8) is 0 Å². The van der Waals surface area contributed by atoms with Crippen LogP contribution in [0, 0.1) is 5.92 Å². The van der Waals surface area contributed by atoms with Crippen LogP contribution in [-0.4, -0.2) is 51.5 Å². The molecule has 1 N–H and O–H groups in total. The molecule has 1 aromatic carbocycles. The number of rotatable bonds is 9. The highest BCUT2D eigenvalue weighted by atomic mass is 32.2. The van der Waals surface area contributed by atoms with E-state index in [1.54, 1.807) is 18.2 Å². The summed E-state index contributed by atoms with van der Waals surface area (Å²) in [6, 6.07) is 6.47. The Morgan fingerprint density at radius 3 is 2.62 bits per heavy atom. The smallest absolute Gasteiger partial charge is 0.252 e. The largest absolute Gasteiger partial charge is 0.381 e. The van der Waals surface area contributed by atoms with Crippen LogP contribution in [0.5, 0.6) is 0 Å². The topological polar surface area (TPSA) is 75.7 Å². The van der Waals surface area contributed by atoms with E-state index in [1.807, 2.05) is 0 Å². The highest BCUT2D eigenvalue weighted by Gasteiger charge is 2.29. The molecule has 1 saturated heterocycles. The Kier molecular flexibility index (Phi) is 6.67. The average Bonchev–Trinajstić information content (AvgIpc) is 3.49. The van der Waals surface area contributed by atoms with Gasteiger partial charge in [0.15, 0.2) is 0 Å². The molecule has 1 amide bonds. The van der Waals surface area contributed by atoms with E-state index >= 15 is 0 Å². The lowest BCUT2D eigenvalue weighted by molar-refractivity contribution is 0.0934. The van der Waals surface area contributed by atoms with E-state index in [0.717, 1.165) is 38.2 Å². The van der Waals surface area contributed by atoms with Gasteiger partial charge in [-0.2, -0.15) is 4.31 Å². The molecular weight excluding hydrogens is 352 g/mol. The van der Waals surface area contributed by atoms with Crippen LogP contribution in [0.4, 0.5) is 0 Å². The summed E-state index contributed by atoms with van der Waals surface area (Å²) < 4.78 is 32.9. The first kappa shape index (κ1) is 19.3. The Hall–Kier alpha value is -1.44. The third kappa shape index (κ3) is 5.05. The molecule has 2 aliphatic rings. The van der Waals surface area contributed by atoms with Crippen LogP contribution in [0.15, 0.2) is 29.2 Å². The molecule has 1 aromatic rings. The van der Waals surface area contributed by atoms with Crippen molar-refractivity contribution in [1.29, 1.82) is 0 Å². The van der Waals surface area contributed by atoms with Crippen molar-refractivity contribution < 1.29 is 17.9 Å². The first-order valence-electron chi connectivity index (χ1n) is 9.54. The molecule has 26 heavy (non-hydrogen) atoms. The van der Waals surface area contributed by atoms with E-state index in [1.165, 1.54) is 23.2 Å². The number of amides is 1. The minimum absolute atomic E-state index is 0.101. The third-order valence-corrected chi connectivity index (χ3v) is 6.82. The van der Waals surface area contributed by atoms with Crippen molar-refractivity contribution in [3.8, 4) is 0 Å². The predicted molar refractivity (Wildman–Crippen MR) is 99.5 cm³/mol. The van der Waals surface area contributed by atoms with E-state index in [-0.39, 0.29) is 16.4 Å². The lowest BCUT2D eigenvalue weighted by Crippen LogP contribution is -2.37. The number of ether oxygens (including phenoxy) is 1. The van der Waals surface area contributed by atoms with Gasteiger partial charge in [0.05, 0.1) is 10.5 Å². The summed E-state index contributed by atoms with van der Waals surface area (Å²) in [7, 11) is -3.63. The van der Waals surface area contributed by atoms with Gasteiger partial charge in [0.25, 0.3) is 5.91 Å². The standard InChI is InChI=1S/C19H28N2O4S/c22-19(20-11-6-14-25-15-16-9-10-16)17-7-2-3-8-18(17)26(23,24)21-12-4-1-5-13-21/h2-3,7-8,16H,1,4-6,9-15H2,(H,20,22). The van der Waals surface area contributed by atoms with Gasteiger partial charge in [-0.1, -0.05) is 18.6 Å². The fourth-order valence-electron chi connectivity index (χ4n) is 3.13. The summed E-state index contributed by atoms with van der Waals surface area (Å²) in [5.74, 6) is 0.389. The fraction of sp³-hybridized carbons (Fsp3) is 0.632. The Morgan fingerprint density at radius 2 is 1.88 bits per heavy atom. The van der Waals surface area contributed by atoms with E-state index < -0.39 is 10.0 Å². The zero-order valence-electron chi connectivity index (χ0n) is 15.2. The molecule has 0 aromatic heterocycles. The number of hydrogen-bond donors (Lipinski definition) is 1. The second kappa shape index (κ2) is 8.97. The molecule has 1 aliphatic carbocycles. The van der Waals surface area contributed by atoms with E-state index in [9.17, 15) is 13.2 Å². The number of sulfonamides is 1. The second-order valence-electron chi connectivity index (χ2n) is 7.09. The average molecular weight is 381 g/mol. The zero-order chi connectivity index (χ0) is 18.4. The number of carbonyl (C=O) groups excluding carboxylic acids is 1. The quantitative estimate of drug-likeness (QED) is 0.668. The summed E-state index contributed by atoms with van der Waals surface area (Å²) in [5, 5.41) is 2.82. The van der Waals surface area contributed by atoms with E-state index in [4.69, 9.17) is 4.74 Å². The molecule has 2 fully saturated rings. The molecular formula is C19H28N2O4S. The molecule has 0 spiro atoms. The molecule has 0 unspecified atom stereocenters. The maximum Gasteiger partial charge on any atom is 0.252 e. The van der Waals surface area contributed by atoms with Crippen LogP contribution in [0.3, 0.4) is 0 Å². The number of benzene rings is 1. The molecule has 0 radical (unpaired) electrons. The SMILES string of the molecule is O=C(NCCCOCC1CC1)c1ccccc1S(=O)(=O)N1CCCCC1. The number of piperidine rings is 1. The van der Waals surface area contributed by atoms with Crippen molar-refractivity contribution in [2.45, 2.75) is 43.4 Å². The number of carbonyl (C=O) groups is 1. The lowest BCUT2D eigenvalue weighted by Gasteiger charge is -2.26. The van der Waals surface area contributed by atoms with Gasteiger partial charge in [0.1, 0.15) is 0 Å². The molecule has 7 heteroatoms. The van der Waals surface area contributed by atoms with E-state index in [2.05, 4.69) is 5.32 Å². The van der Waals surface area contributed by atoms with Crippen LogP contribution >= 0.6 is 0 Å². The molecule has 0 atom stereocenters. The number of nitrogens with zero attached hydrogens (tertiary/aromatic N) is 1. The van der Waals surface area contributed by atoms with Gasteiger partial charge in [-0.15, -0.1) is 0 Å². The molecule has 1 heterocycles. The summed E-state index contributed by atoms with van der Waals surface area (Å²) in [5.41, 5.74) is 0.219. The molecule has 1 aliphatic heterocycles. The summed E-state index contributed by atoms with van der Waals surface area (Å²) in [6.45, 7) is 2.95. The Bertz CT molecular complexity index is 710. The first-order chi connectivity index (χ1) is 12.6. The Morgan fingerprint density at radius 1 is 1.15 bits per heavy atom. The van der Waals surface area contributed by atoms with Crippen LogP contribution in [0.2, 0.25) is 0 Å². The van der Waals surface area contributed by atoms with Gasteiger partial charge in [0.2, 0.25) is 10.0 Å². The van der Waals surface area contributed by atoms with Gasteiger partial charge >= 0.3 is 0 Å². The number of hydrogen-bond acceptors (Lipinski definition) is 4. The summed E-state index contributed by atoms with van der Waals surface area (Å²) in [6.07, 6.45) is 6.04. The third-order valence-electron chi connectivity index (χ3n) is 4.87. The summed E-state index contributed by atoms with van der Waals surface area (Å²) in [4.78, 5) is 12.6. The maximum absolute atomic E-state index is 12.9. The second-order valence-corrected chi connectivity index (χ2v) is 9.00. The highest BCUT2D eigenvalue weighted by molar-refractivity contribution is 7.89. The predicted octanol–water partition coefficient (Wildman–Crippen LogP) is 2.41. The minimum atomic E-state index is -3.63. The molecule has 6 nitrogen and oxygen atoms in total. The monoisotopic (exact) mass is 380 g/mol. The van der Waals surface area contributed by atoms with Crippen molar-refractivity contribution in [1.82, 2.24) is 9.62 Å². The van der Waals surface area contributed by atoms with Gasteiger partial charge in [-0.3, -0.25) is 4.79 Å². The van der Waals surface area contributed by atoms with Crippen molar-refractivity contribution >= 4 is 15.9 Å². The van der Waals surface area contributed by atoms with Crippen LogP contribution in [0.25, 0.3) is 0 Å². The first-order valence-corrected chi connectivity index (χ1v) is 11.0. The van der Waals surface area contributed by atoms with Gasteiger partial charge < -0.3 is 10.1 Å². The van der Waals surface area contributed by atoms with Crippen LogP contribution < -0.4 is 5.32 Å². The Labute approximate surface area is 156 Å². The zero-order valence-corrected chi connectivity index (χ0v) is 16.0. The van der Waals surface area contributed by atoms with Crippen LogP contribution in [0.1, 0.15) is 48.9 Å². The normalized spacial score (nSPS) is 18.6. The van der Waals surface area contributed by atoms with Crippen molar-refractivity contribution in [2.75, 3.05) is 32.8 Å².